The van der Waals surface area contributed by atoms with Crippen molar-refractivity contribution in [2.45, 2.75) is 32.6 Å². The van der Waals surface area contributed by atoms with Crippen molar-refractivity contribution < 1.29 is 14.3 Å². The zero-order valence-corrected chi connectivity index (χ0v) is 16.7. The van der Waals surface area contributed by atoms with Crippen LogP contribution in [0.5, 0.6) is 0 Å². The molecule has 0 saturated carbocycles. The molecule has 1 atom stereocenters. The summed E-state index contributed by atoms with van der Waals surface area (Å²) in [6.45, 7) is 5.19. The van der Waals surface area contributed by atoms with E-state index in [1.165, 1.54) is 0 Å². The lowest BCUT2D eigenvalue weighted by Gasteiger charge is -2.32. The summed E-state index contributed by atoms with van der Waals surface area (Å²) in [4.78, 5) is 35.4. The molecule has 1 saturated heterocycles. The third kappa shape index (κ3) is 4.62. The van der Waals surface area contributed by atoms with Gasteiger partial charge in [0.2, 0.25) is 5.91 Å². The first-order chi connectivity index (χ1) is 13.9. The summed E-state index contributed by atoms with van der Waals surface area (Å²) in [7, 11) is 0. The lowest BCUT2D eigenvalue weighted by molar-refractivity contribution is -0.145. The van der Waals surface area contributed by atoms with E-state index in [2.05, 4.69) is 4.98 Å². The Bertz CT molecular complexity index is 945. The van der Waals surface area contributed by atoms with Crippen molar-refractivity contribution in [2.75, 3.05) is 24.6 Å². The molecule has 0 aliphatic carbocycles. The maximum atomic E-state index is 12.6. The van der Waals surface area contributed by atoms with Crippen LogP contribution in [0.3, 0.4) is 0 Å². The first kappa shape index (κ1) is 20.5. The van der Waals surface area contributed by atoms with Crippen molar-refractivity contribution in [3.63, 3.8) is 0 Å². The average Bonchev–Trinajstić information content (AvgIpc) is 2.72. The van der Waals surface area contributed by atoms with Crippen LogP contribution in [0, 0.1) is 23.2 Å². The van der Waals surface area contributed by atoms with Crippen molar-refractivity contribution >= 4 is 28.7 Å². The number of para-hydroxylation sites is 2. The molecule has 1 aromatic heterocycles. The van der Waals surface area contributed by atoms with Crippen LogP contribution in [-0.4, -0.2) is 41.5 Å². The zero-order valence-electron chi connectivity index (χ0n) is 16.7. The minimum absolute atomic E-state index is 0.160. The zero-order chi connectivity index (χ0) is 21.0. The minimum Gasteiger partial charge on any atom is -0.464 e. The summed E-state index contributed by atoms with van der Waals surface area (Å²) in [5.41, 5.74) is 7.01. The Labute approximate surface area is 169 Å². The minimum atomic E-state index is -1.17. The van der Waals surface area contributed by atoms with Gasteiger partial charge in [-0.15, -0.1) is 0 Å². The number of hydrogen-bond acceptors (Lipinski definition) is 7. The molecule has 2 aromatic rings. The molecule has 1 aromatic carbocycles. The van der Waals surface area contributed by atoms with Crippen LogP contribution < -0.4 is 10.6 Å². The molecule has 1 fully saturated rings. The van der Waals surface area contributed by atoms with E-state index >= 15 is 0 Å². The molecule has 29 heavy (non-hydrogen) atoms. The second-order valence-corrected chi connectivity index (χ2v) is 7.67. The van der Waals surface area contributed by atoms with E-state index in [1.807, 2.05) is 43.0 Å². The number of ether oxygens (including phenoxy) is 1. The molecule has 1 amide bonds. The number of anilines is 1. The molecule has 1 aliphatic rings. The first-order valence-corrected chi connectivity index (χ1v) is 9.78. The fraction of sp³-hybridized carbons (Fsp3) is 0.476. The van der Waals surface area contributed by atoms with Crippen LogP contribution in [-0.2, 0) is 14.3 Å². The molecule has 8 nitrogen and oxygen atoms in total. The number of nitrogens with two attached hydrogens (primary N) is 1. The van der Waals surface area contributed by atoms with E-state index in [1.54, 1.807) is 6.07 Å². The maximum Gasteiger partial charge on any atom is 0.329 e. The van der Waals surface area contributed by atoms with Crippen LogP contribution in [0.2, 0.25) is 0 Å². The molecule has 0 bridgehead atoms. The van der Waals surface area contributed by atoms with Crippen LogP contribution in [0.25, 0.3) is 11.0 Å². The summed E-state index contributed by atoms with van der Waals surface area (Å²) in [6.07, 6.45) is 1.19. The van der Waals surface area contributed by atoms with Gasteiger partial charge in [0.1, 0.15) is 5.69 Å². The Morgan fingerprint density at radius 1 is 1.24 bits per heavy atom. The summed E-state index contributed by atoms with van der Waals surface area (Å²) >= 11 is 0. The van der Waals surface area contributed by atoms with Crippen LogP contribution in [0.15, 0.2) is 24.3 Å². The fourth-order valence-electron chi connectivity index (χ4n) is 3.36. The van der Waals surface area contributed by atoms with Crippen LogP contribution in [0.4, 0.5) is 5.82 Å². The van der Waals surface area contributed by atoms with E-state index in [9.17, 15) is 14.9 Å². The molecule has 1 aliphatic heterocycles. The Morgan fingerprint density at radius 2 is 1.86 bits per heavy atom. The third-order valence-corrected chi connectivity index (χ3v) is 4.97. The SMILES string of the molecule is CC(C)COC(=O)[C@H](C#N)c1nc2ccccc2nc1N1CCC(C(N)=O)CC1. The van der Waals surface area contributed by atoms with Crippen LogP contribution >= 0.6 is 0 Å². The summed E-state index contributed by atoms with van der Waals surface area (Å²) in [5, 5.41) is 9.73. The van der Waals surface area contributed by atoms with Gasteiger partial charge in [-0.05, 0) is 30.9 Å². The van der Waals surface area contributed by atoms with Gasteiger partial charge in [0, 0.05) is 19.0 Å². The highest BCUT2D eigenvalue weighted by atomic mass is 16.5. The number of nitriles is 1. The molecular formula is C21H25N5O3. The van der Waals surface area contributed by atoms with Gasteiger partial charge in [-0.1, -0.05) is 26.0 Å². The quantitative estimate of drug-likeness (QED) is 0.743. The number of benzene rings is 1. The Morgan fingerprint density at radius 3 is 2.41 bits per heavy atom. The number of amides is 1. The summed E-state index contributed by atoms with van der Waals surface area (Å²) in [5.74, 6) is -1.63. The van der Waals surface area contributed by atoms with Gasteiger partial charge in [-0.3, -0.25) is 9.59 Å². The summed E-state index contributed by atoms with van der Waals surface area (Å²) in [6, 6.07) is 9.36. The van der Waals surface area contributed by atoms with Gasteiger partial charge >= 0.3 is 5.97 Å². The third-order valence-electron chi connectivity index (χ3n) is 4.97. The van der Waals surface area contributed by atoms with Gasteiger partial charge in [0.25, 0.3) is 0 Å². The number of esters is 1. The van der Waals surface area contributed by atoms with E-state index in [0.717, 1.165) is 0 Å². The molecule has 0 spiro atoms. The smallest absolute Gasteiger partial charge is 0.329 e. The molecular weight excluding hydrogens is 370 g/mol. The molecule has 0 unspecified atom stereocenters. The van der Waals surface area contributed by atoms with Crippen molar-refractivity contribution in [3.8, 4) is 6.07 Å². The fourth-order valence-corrected chi connectivity index (χ4v) is 3.36. The molecule has 3 rings (SSSR count). The maximum absolute atomic E-state index is 12.6. The van der Waals surface area contributed by atoms with E-state index in [4.69, 9.17) is 15.5 Å². The number of fused-ring (bicyclic) bond motifs is 1. The largest absolute Gasteiger partial charge is 0.464 e. The van der Waals surface area contributed by atoms with E-state index < -0.39 is 11.9 Å². The molecule has 2 heterocycles. The standard InChI is InChI=1S/C21H25N5O3/c1-13(2)12-29-21(28)15(11-22)18-20(25-17-6-4-3-5-16(17)24-18)26-9-7-14(8-10-26)19(23)27/h3-6,13-15H,7-10,12H2,1-2H3,(H2,23,27)/t15-/m1/s1. The van der Waals surface area contributed by atoms with E-state index in [-0.39, 0.29) is 30.0 Å². The second-order valence-electron chi connectivity index (χ2n) is 7.67. The van der Waals surface area contributed by atoms with Gasteiger partial charge in [-0.2, -0.15) is 5.26 Å². The number of nitrogens with zero attached hydrogens (tertiary/aromatic N) is 4. The number of piperidine rings is 1. The number of rotatable bonds is 6. The highest BCUT2D eigenvalue weighted by Gasteiger charge is 2.32. The lowest BCUT2D eigenvalue weighted by Crippen LogP contribution is -2.39. The topological polar surface area (TPSA) is 122 Å². The van der Waals surface area contributed by atoms with Gasteiger partial charge < -0.3 is 15.4 Å². The highest BCUT2D eigenvalue weighted by molar-refractivity contribution is 5.85. The van der Waals surface area contributed by atoms with Crippen LogP contribution in [0.1, 0.15) is 38.3 Å². The average molecular weight is 395 g/mol. The Balaban J connectivity index is 1.98. The van der Waals surface area contributed by atoms with Gasteiger partial charge in [0.15, 0.2) is 11.7 Å². The summed E-state index contributed by atoms with van der Waals surface area (Å²) < 4.78 is 5.30. The first-order valence-electron chi connectivity index (χ1n) is 9.78. The number of aromatic nitrogens is 2. The molecule has 0 radical (unpaired) electrons. The predicted molar refractivity (Wildman–Crippen MR) is 108 cm³/mol. The highest BCUT2D eigenvalue weighted by Crippen LogP contribution is 2.30. The monoisotopic (exact) mass is 395 g/mol. The predicted octanol–water partition coefficient (Wildman–Crippen LogP) is 2.14. The Hall–Kier alpha value is -3.21. The molecule has 152 valence electrons. The normalized spacial score (nSPS) is 15.9. The molecule has 8 heteroatoms. The molecule has 2 N–H and O–H groups in total. The van der Waals surface area contributed by atoms with Crippen molar-refractivity contribution in [1.82, 2.24) is 9.97 Å². The van der Waals surface area contributed by atoms with Crippen molar-refractivity contribution in [2.24, 2.45) is 17.6 Å². The second kappa shape index (κ2) is 8.86. The van der Waals surface area contributed by atoms with Crippen molar-refractivity contribution in [1.29, 1.82) is 5.26 Å². The number of primary amides is 1. The lowest BCUT2D eigenvalue weighted by atomic mass is 9.95. The number of hydrogen-bond donors (Lipinski definition) is 1. The van der Waals surface area contributed by atoms with Gasteiger partial charge in [-0.25, -0.2) is 9.97 Å². The van der Waals surface area contributed by atoms with Gasteiger partial charge in [0.05, 0.1) is 23.7 Å². The van der Waals surface area contributed by atoms with Crippen molar-refractivity contribution in [3.05, 3.63) is 30.0 Å². The number of carbonyl (C=O) groups is 2. The Kier molecular flexibility index (Phi) is 6.27. The van der Waals surface area contributed by atoms with E-state index in [0.29, 0.717) is 42.8 Å². The number of carbonyl (C=O) groups excluding carboxylic acids is 2.